The highest BCUT2D eigenvalue weighted by molar-refractivity contribution is 5.35. The van der Waals surface area contributed by atoms with Crippen molar-refractivity contribution in [2.75, 3.05) is 0 Å². The number of nitrogens with two attached hydrogens (primary N) is 1. The van der Waals surface area contributed by atoms with E-state index < -0.39 is 16.4 Å². The Morgan fingerprint density at radius 1 is 1.69 bits per heavy atom. The van der Waals surface area contributed by atoms with Gasteiger partial charge in [0.15, 0.2) is 1.41 Å². The molecule has 0 heterocycles. The average Bonchev–Trinajstić information content (AvgIpc) is 2.10. The zero-order valence-corrected chi connectivity index (χ0v) is 6.75. The first-order valence-electron chi connectivity index (χ1n) is 3.71. The molecule has 0 saturated carbocycles. The Labute approximate surface area is 74.5 Å². The summed E-state index contributed by atoms with van der Waals surface area (Å²) in [4.78, 5) is 9.41. The van der Waals surface area contributed by atoms with E-state index in [-0.39, 0.29) is 0 Å². The predicted molar refractivity (Wildman–Crippen MR) is 43.1 cm³/mol. The minimum Gasteiger partial charge on any atom is -0.258 e. The molecule has 0 fully saturated rings. The van der Waals surface area contributed by atoms with E-state index in [1.807, 2.05) is 0 Å². The van der Waals surface area contributed by atoms with E-state index in [0.29, 0.717) is 11.5 Å². The number of hydrogen-bond donors (Lipinski definition) is 1. The number of halogens is 2. The van der Waals surface area contributed by atoms with E-state index in [0.717, 1.165) is 6.07 Å². The first-order chi connectivity index (χ1) is 6.54. The molecular weight excluding hydrogens is 182 g/mol. The molecule has 0 aliphatic carbocycles. The van der Waals surface area contributed by atoms with Crippen LogP contribution < -0.4 is 5.95 Å². The largest absolute Gasteiger partial charge is 0.305 e. The fourth-order valence-corrected chi connectivity index (χ4v) is 0.773. The van der Waals surface area contributed by atoms with E-state index in [2.05, 4.69) is 0 Å². The molecule has 2 N–H and O–H groups in total. The fourth-order valence-electron chi connectivity index (χ4n) is 0.773. The standard InChI is InChI=1S/C7H6FNO2.FH2N/c1-5-3-2-4-6(7(5)8)9(10)11;1-2/h2-4H,1H3;2H2/i;2T. The summed E-state index contributed by atoms with van der Waals surface area (Å²) >= 11 is 0. The summed E-state index contributed by atoms with van der Waals surface area (Å²) in [6, 6.07) is 4.08. The van der Waals surface area contributed by atoms with Crippen molar-refractivity contribution in [2.24, 2.45) is 5.95 Å². The minimum absolute atomic E-state index is 0.291. The second kappa shape index (κ2) is 5.15. The van der Waals surface area contributed by atoms with Crippen LogP contribution >= 0.6 is 0 Å². The third-order valence-electron chi connectivity index (χ3n) is 1.37. The maximum Gasteiger partial charge on any atom is 0.305 e. The Morgan fingerprint density at radius 2 is 2.23 bits per heavy atom. The Bertz CT molecular complexity index is 323. The van der Waals surface area contributed by atoms with Crippen LogP contribution in [0, 0.1) is 22.9 Å². The summed E-state index contributed by atoms with van der Waals surface area (Å²) in [5.41, 5.74) is -0.177. The number of rotatable bonds is 1. The second-order valence-corrected chi connectivity index (χ2v) is 2.17. The molecule has 4 nitrogen and oxygen atoms in total. The van der Waals surface area contributed by atoms with Crippen molar-refractivity contribution in [1.29, 1.82) is 0 Å². The molecular formula is C7H8F2N2O2. The molecule has 0 bridgehead atoms. The highest BCUT2D eigenvalue weighted by atomic mass is 19.2. The van der Waals surface area contributed by atoms with Crippen molar-refractivity contribution in [3.63, 3.8) is 0 Å². The van der Waals surface area contributed by atoms with Crippen LogP contribution in [0.2, 0.25) is 1.41 Å². The smallest absolute Gasteiger partial charge is 0.258 e. The Hall–Kier alpha value is -1.56. The lowest BCUT2D eigenvalue weighted by Crippen LogP contribution is -1.93. The van der Waals surface area contributed by atoms with Crippen LogP contribution in [0.4, 0.5) is 14.6 Å². The van der Waals surface area contributed by atoms with Crippen molar-refractivity contribution in [1.82, 2.24) is 0 Å². The van der Waals surface area contributed by atoms with Gasteiger partial charge in [-0.2, -0.15) is 10.3 Å². The van der Waals surface area contributed by atoms with Crippen LogP contribution in [-0.4, -0.2) is 4.92 Å². The molecule has 0 atom stereocenters. The molecule has 13 heavy (non-hydrogen) atoms. The van der Waals surface area contributed by atoms with Gasteiger partial charge in [-0.05, 0) is 12.5 Å². The van der Waals surface area contributed by atoms with Crippen molar-refractivity contribution in [3.8, 4) is 0 Å². The summed E-state index contributed by atoms with van der Waals surface area (Å²) in [7, 11) is 0. The van der Waals surface area contributed by atoms with Gasteiger partial charge in [0.1, 0.15) is 0 Å². The van der Waals surface area contributed by atoms with E-state index >= 15 is 0 Å². The monoisotopic (exact) mass is 192 g/mol. The molecule has 0 saturated heterocycles. The molecule has 0 aromatic heterocycles. The highest BCUT2D eigenvalue weighted by Gasteiger charge is 2.13. The van der Waals surface area contributed by atoms with E-state index in [1.165, 1.54) is 19.1 Å². The Balaban J connectivity index is 0.000000500. The summed E-state index contributed by atoms with van der Waals surface area (Å²) < 4.78 is 27.8. The molecule has 0 amide bonds. The van der Waals surface area contributed by atoms with Gasteiger partial charge in [0.25, 0.3) is 0 Å². The maximum absolute atomic E-state index is 12.8. The molecule has 0 unspecified atom stereocenters. The number of benzene rings is 1. The number of aryl methyl sites for hydroxylation is 1. The fraction of sp³-hybridized carbons (Fsp3) is 0.143. The molecule has 0 radical (unpaired) electrons. The number of nitrogens with zero attached hydrogens (tertiary/aromatic N) is 1. The van der Waals surface area contributed by atoms with Crippen LogP contribution in [-0.2, 0) is 0 Å². The summed E-state index contributed by atoms with van der Waals surface area (Å²) in [6.45, 7) is 1.49. The summed E-state index contributed by atoms with van der Waals surface area (Å²) in [5.74, 6) is -0.252. The zero-order valence-electron chi connectivity index (χ0n) is 7.75. The van der Waals surface area contributed by atoms with E-state index in [9.17, 15) is 19.0 Å². The molecule has 0 spiro atoms. The predicted octanol–water partition coefficient (Wildman–Crippen LogP) is 1.87. The quantitative estimate of drug-likeness (QED) is 0.419. The first kappa shape index (κ1) is 9.53. The second-order valence-electron chi connectivity index (χ2n) is 2.17. The van der Waals surface area contributed by atoms with Crippen LogP contribution in [0.1, 0.15) is 5.56 Å². The molecule has 0 aliphatic rings. The summed E-state index contributed by atoms with van der Waals surface area (Å²) in [5, 5.41) is 10.1. The van der Waals surface area contributed by atoms with Gasteiger partial charge in [0.05, 0.1) is 4.92 Å². The Morgan fingerprint density at radius 3 is 2.62 bits per heavy atom. The Kier molecular flexibility index (Phi) is 3.77. The lowest BCUT2D eigenvalue weighted by Gasteiger charge is -1.95. The van der Waals surface area contributed by atoms with Gasteiger partial charge in [-0.3, -0.25) is 10.1 Å². The van der Waals surface area contributed by atoms with E-state index in [1.54, 1.807) is 0 Å². The van der Waals surface area contributed by atoms with Gasteiger partial charge in [-0.15, -0.1) is 4.48 Å². The molecule has 0 aliphatic heterocycles. The molecule has 1 rings (SSSR count). The van der Waals surface area contributed by atoms with Gasteiger partial charge in [-0.1, -0.05) is 12.1 Å². The zero-order chi connectivity index (χ0) is 11.1. The molecule has 72 valence electrons. The maximum atomic E-state index is 12.8. The number of nitro groups is 1. The van der Waals surface area contributed by atoms with Gasteiger partial charge in [-0.25, -0.2) is 0 Å². The van der Waals surface area contributed by atoms with Crippen molar-refractivity contribution in [3.05, 3.63) is 39.7 Å². The normalized spacial score (nSPS) is 9.62. The van der Waals surface area contributed by atoms with E-state index in [4.69, 9.17) is 1.41 Å². The van der Waals surface area contributed by atoms with Gasteiger partial charge in [0, 0.05) is 6.07 Å². The molecule has 1 aromatic carbocycles. The first-order valence-corrected chi connectivity index (χ1v) is 3.21. The highest BCUT2D eigenvalue weighted by Crippen LogP contribution is 2.18. The number of nitro benzene ring substituents is 1. The third kappa shape index (κ3) is 2.75. The topological polar surface area (TPSA) is 69.2 Å². The lowest BCUT2D eigenvalue weighted by molar-refractivity contribution is -0.387. The SMILES string of the molecule is Cc1cccc([N+](=O)[O-])c1F.[3H]NF. The number of hydrogen-bond acceptors (Lipinski definition) is 3. The van der Waals surface area contributed by atoms with Crippen molar-refractivity contribution < 1.29 is 15.2 Å². The van der Waals surface area contributed by atoms with Crippen molar-refractivity contribution in [2.45, 2.75) is 6.92 Å². The van der Waals surface area contributed by atoms with Crippen LogP contribution in [0.5, 0.6) is 0 Å². The minimum atomic E-state index is -0.752. The van der Waals surface area contributed by atoms with Gasteiger partial charge < -0.3 is 0 Å². The summed E-state index contributed by atoms with van der Waals surface area (Å²) in [6.07, 6.45) is 0. The third-order valence-corrected chi connectivity index (χ3v) is 1.37. The average molecular weight is 192 g/mol. The van der Waals surface area contributed by atoms with Crippen LogP contribution in [0.3, 0.4) is 0 Å². The van der Waals surface area contributed by atoms with Gasteiger partial charge in [0.2, 0.25) is 5.82 Å². The van der Waals surface area contributed by atoms with Crippen LogP contribution in [0.15, 0.2) is 18.2 Å². The lowest BCUT2D eigenvalue weighted by atomic mass is 10.2. The van der Waals surface area contributed by atoms with Gasteiger partial charge >= 0.3 is 5.69 Å². The van der Waals surface area contributed by atoms with Crippen LogP contribution in [0.25, 0.3) is 0 Å². The van der Waals surface area contributed by atoms with Crippen molar-refractivity contribution >= 4 is 5.69 Å². The molecule has 1 aromatic rings. The molecule has 6 heteroatoms.